The molecular weight excluding hydrogens is 599 g/mol. The fraction of sp³-hybridized carbons (Fsp3) is 0.227. The predicted molar refractivity (Wildman–Crippen MR) is 204 cm³/mol. The summed E-state index contributed by atoms with van der Waals surface area (Å²) < 4.78 is 2.81. The topological polar surface area (TPSA) is 6.48 Å². The molecule has 2 unspecified atom stereocenters. The van der Waals surface area contributed by atoms with E-state index < -0.39 is 0 Å². The van der Waals surface area contributed by atoms with Crippen molar-refractivity contribution in [3.05, 3.63) is 142 Å². The van der Waals surface area contributed by atoms with Gasteiger partial charge in [-0.3, -0.25) is 0 Å². The zero-order valence-electron chi connectivity index (χ0n) is 27.8. The van der Waals surface area contributed by atoms with Crippen LogP contribution < -0.4 is 15.8 Å². The van der Waals surface area contributed by atoms with Crippen molar-refractivity contribution >= 4 is 71.9 Å². The highest BCUT2D eigenvalue weighted by Crippen LogP contribution is 2.62. The van der Waals surface area contributed by atoms with E-state index in [1.54, 1.807) is 5.57 Å². The third-order valence-corrected chi connectivity index (χ3v) is 14.2. The molecule has 1 aromatic heterocycles. The van der Waals surface area contributed by atoms with Crippen LogP contribution in [0, 0.1) is 5.92 Å². The molecule has 0 fully saturated rings. The molecule has 7 aliphatic rings. The van der Waals surface area contributed by atoms with Crippen LogP contribution >= 0.6 is 11.3 Å². The van der Waals surface area contributed by atoms with Gasteiger partial charge in [-0.1, -0.05) is 119 Å². The number of rotatable bonds is 0. The average Bonchev–Trinajstić information content (AvgIpc) is 3.73. The fourth-order valence-corrected chi connectivity index (χ4v) is 12.4. The van der Waals surface area contributed by atoms with Gasteiger partial charge in [-0.05, 0) is 69.3 Å². The smallest absolute Gasteiger partial charge is 0.329 e. The van der Waals surface area contributed by atoms with E-state index in [-0.39, 0.29) is 23.7 Å². The molecule has 12 rings (SSSR count). The van der Waals surface area contributed by atoms with Crippen LogP contribution in [0.3, 0.4) is 0 Å². The van der Waals surface area contributed by atoms with E-state index in [9.17, 15) is 0 Å². The molecule has 5 aromatic rings. The number of para-hydroxylation sites is 1. The molecule has 0 bridgehead atoms. The predicted octanol–water partition coefficient (Wildman–Crippen LogP) is 9.48. The van der Waals surface area contributed by atoms with Crippen molar-refractivity contribution in [2.45, 2.75) is 57.4 Å². The summed E-state index contributed by atoms with van der Waals surface area (Å²) in [7, 11) is 0. The van der Waals surface area contributed by atoms with E-state index in [0.717, 1.165) is 12.8 Å². The van der Waals surface area contributed by atoms with E-state index in [2.05, 4.69) is 141 Å². The third-order valence-electron chi connectivity index (χ3n) is 13.0. The van der Waals surface area contributed by atoms with Crippen molar-refractivity contribution in [2.24, 2.45) is 5.92 Å². The molecule has 0 amide bonds. The summed E-state index contributed by atoms with van der Waals surface area (Å²) in [6.45, 7) is 10.0. The van der Waals surface area contributed by atoms with Gasteiger partial charge in [0, 0.05) is 54.9 Å². The first-order valence-electron chi connectivity index (χ1n) is 17.7. The quantitative estimate of drug-likeness (QED) is 0.157. The summed E-state index contributed by atoms with van der Waals surface area (Å²) >= 11 is 1.99. The Morgan fingerprint density at radius 1 is 0.833 bits per heavy atom. The highest BCUT2D eigenvalue weighted by atomic mass is 32.1. The van der Waals surface area contributed by atoms with Crippen LogP contribution in [0.15, 0.2) is 120 Å². The minimum Gasteiger partial charge on any atom is -0.399 e. The second kappa shape index (κ2) is 8.36. The van der Waals surface area contributed by atoms with Crippen molar-refractivity contribution in [2.75, 3.05) is 4.90 Å². The lowest BCUT2D eigenvalue weighted by atomic mass is 9.41. The zero-order valence-corrected chi connectivity index (χ0v) is 28.6. The lowest BCUT2D eigenvalue weighted by Crippen LogP contribution is -2.67. The van der Waals surface area contributed by atoms with Crippen molar-refractivity contribution < 1.29 is 0 Å². The van der Waals surface area contributed by atoms with Crippen LogP contribution in [0.4, 0.5) is 11.4 Å². The van der Waals surface area contributed by atoms with E-state index in [0.29, 0.717) is 5.92 Å². The van der Waals surface area contributed by atoms with Gasteiger partial charge in [0.2, 0.25) is 0 Å². The molecule has 0 spiro atoms. The molecular formula is C44H35BN2S. The number of allylic oxidation sites excluding steroid dienone is 6. The molecule has 4 aliphatic heterocycles. The van der Waals surface area contributed by atoms with Gasteiger partial charge in [-0.15, -0.1) is 11.3 Å². The molecule has 2 atom stereocenters. The van der Waals surface area contributed by atoms with Crippen molar-refractivity contribution in [1.82, 2.24) is 4.81 Å². The number of nitrogens with zero attached hydrogens (tertiary/aromatic N) is 2. The average molecular weight is 635 g/mol. The summed E-state index contributed by atoms with van der Waals surface area (Å²) in [5.74, 6) is 0.348. The molecule has 0 radical (unpaired) electrons. The normalized spacial score (nSPS) is 24.1. The summed E-state index contributed by atoms with van der Waals surface area (Å²) in [6.07, 6.45) is 14.4. The summed E-state index contributed by atoms with van der Waals surface area (Å²) in [6, 6.07) is 28.5. The van der Waals surface area contributed by atoms with E-state index >= 15 is 0 Å². The highest BCUT2D eigenvalue weighted by molar-refractivity contribution is 7.26. The van der Waals surface area contributed by atoms with Gasteiger partial charge < -0.3 is 9.71 Å². The van der Waals surface area contributed by atoms with Crippen LogP contribution in [0.5, 0.6) is 0 Å². The van der Waals surface area contributed by atoms with Gasteiger partial charge in [0.1, 0.15) is 0 Å². The maximum absolute atomic E-state index is 2.92. The summed E-state index contributed by atoms with van der Waals surface area (Å²) in [5.41, 5.74) is 19.1. The first-order chi connectivity index (χ1) is 23.4. The molecule has 4 aromatic carbocycles. The molecule has 0 saturated carbocycles. The summed E-state index contributed by atoms with van der Waals surface area (Å²) in [4.78, 5) is 5.69. The molecule has 5 heterocycles. The van der Waals surface area contributed by atoms with Crippen LogP contribution in [-0.2, 0) is 10.8 Å². The van der Waals surface area contributed by atoms with Crippen LogP contribution in [-0.4, -0.2) is 17.7 Å². The van der Waals surface area contributed by atoms with E-state index in [1.165, 1.54) is 87.3 Å². The SMILES string of the molecule is CC1(C)C2=C(c3ccccc31)N1B3c4cccc5c4N(C4=C(C=CCC4)C5(C)C)c4c3c(cc3c4sc4ccccc43)C3=CC=CC2C31. The minimum atomic E-state index is -0.0737. The zero-order chi connectivity index (χ0) is 31.8. The van der Waals surface area contributed by atoms with Gasteiger partial charge in [0.05, 0.1) is 16.4 Å². The number of anilines is 2. The first kappa shape index (κ1) is 26.4. The third kappa shape index (κ3) is 2.77. The molecule has 3 aliphatic carbocycles. The Morgan fingerprint density at radius 3 is 2.58 bits per heavy atom. The monoisotopic (exact) mass is 634 g/mol. The standard InChI is InChI=1S/C44H35BN2S/c1-43(2)31-18-8-9-21-34(31)46-40-32(43)19-12-20-33(40)45-37-28(23-29-24-13-6-10-22-35(24)48-42(29)41(37)46)25-15-11-16-27-36-39(47(45)38(25)27)26-14-5-7-17-30(26)44(36,3)4/h5-8,10-20,22-23,27,38H,9,21H2,1-4H3. The second-order valence-corrected chi connectivity index (χ2v) is 16.9. The Morgan fingerprint density at radius 2 is 1.67 bits per heavy atom. The molecule has 0 N–H and O–H groups in total. The van der Waals surface area contributed by atoms with Gasteiger partial charge in [0.15, 0.2) is 0 Å². The lowest BCUT2D eigenvalue weighted by molar-refractivity contribution is 0.458. The number of thiophene rings is 1. The lowest BCUT2D eigenvalue weighted by Gasteiger charge is -2.53. The number of benzene rings is 4. The number of fused-ring (bicyclic) bond motifs is 13. The second-order valence-electron chi connectivity index (χ2n) is 15.9. The molecule has 230 valence electrons. The van der Waals surface area contributed by atoms with Crippen molar-refractivity contribution in [3.8, 4) is 0 Å². The van der Waals surface area contributed by atoms with Gasteiger partial charge in [-0.2, -0.15) is 0 Å². The first-order valence-corrected chi connectivity index (χ1v) is 18.5. The molecule has 4 heteroatoms. The Hall–Kier alpha value is -4.54. The number of hydrogen-bond donors (Lipinski definition) is 0. The summed E-state index contributed by atoms with van der Waals surface area (Å²) in [5, 5.41) is 2.79. The molecule has 48 heavy (non-hydrogen) atoms. The Balaban J connectivity index is 1.28. The number of hydrogen-bond acceptors (Lipinski definition) is 3. The van der Waals surface area contributed by atoms with Crippen LogP contribution in [0.2, 0.25) is 0 Å². The van der Waals surface area contributed by atoms with E-state index in [1.807, 2.05) is 11.3 Å². The largest absolute Gasteiger partial charge is 0.399 e. The minimum absolute atomic E-state index is 0.0285. The van der Waals surface area contributed by atoms with Gasteiger partial charge in [-0.25, -0.2) is 0 Å². The van der Waals surface area contributed by atoms with Crippen molar-refractivity contribution in [1.29, 1.82) is 0 Å². The Bertz CT molecular complexity index is 2550. The molecule has 2 nitrogen and oxygen atoms in total. The van der Waals surface area contributed by atoms with Crippen LogP contribution in [0.1, 0.15) is 62.8 Å². The maximum Gasteiger partial charge on any atom is 0.329 e. The van der Waals surface area contributed by atoms with Gasteiger partial charge in [0.25, 0.3) is 0 Å². The maximum atomic E-state index is 2.92. The fourth-order valence-electron chi connectivity index (χ4n) is 11.2. The Labute approximate surface area is 286 Å². The van der Waals surface area contributed by atoms with Crippen LogP contribution in [0.25, 0.3) is 31.4 Å². The highest BCUT2D eigenvalue weighted by Gasteiger charge is 2.60. The molecule has 0 saturated heterocycles. The van der Waals surface area contributed by atoms with E-state index in [4.69, 9.17) is 0 Å². The van der Waals surface area contributed by atoms with Crippen molar-refractivity contribution in [3.63, 3.8) is 0 Å². The Kier molecular flexibility index (Phi) is 4.60. The van der Waals surface area contributed by atoms with Gasteiger partial charge >= 0.3 is 6.85 Å².